The second-order valence-corrected chi connectivity index (χ2v) is 4.45. The molecule has 1 aromatic heterocycles. The van der Waals surface area contributed by atoms with Crippen LogP contribution < -0.4 is 5.32 Å². The van der Waals surface area contributed by atoms with Crippen molar-refractivity contribution < 1.29 is 8.78 Å². The van der Waals surface area contributed by atoms with Crippen molar-refractivity contribution in [2.75, 3.05) is 11.9 Å². The van der Waals surface area contributed by atoms with Gasteiger partial charge < -0.3 is 5.32 Å². The number of benzene rings is 1. The van der Waals surface area contributed by atoms with Crippen LogP contribution in [0.1, 0.15) is 13.3 Å². The fourth-order valence-corrected chi connectivity index (χ4v) is 2.15. The SMILES string of the molecule is CCCNc1nc(-c2ccc(F)cc2F)cs1. The Morgan fingerprint density at radius 3 is 2.88 bits per heavy atom. The van der Waals surface area contributed by atoms with Gasteiger partial charge in [0.15, 0.2) is 5.13 Å². The van der Waals surface area contributed by atoms with Crippen LogP contribution in [0.25, 0.3) is 11.3 Å². The molecule has 0 atom stereocenters. The summed E-state index contributed by atoms with van der Waals surface area (Å²) in [4.78, 5) is 4.25. The number of nitrogens with one attached hydrogen (secondary N) is 1. The van der Waals surface area contributed by atoms with E-state index in [2.05, 4.69) is 17.2 Å². The number of halogens is 2. The first-order valence-electron chi connectivity index (χ1n) is 5.35. The van der Waals surface area contributed by atoms with E-state index in [0.717, 1.165) is 24.2 Å². The van der Waals surface area contributed by atoms with Crippen molar-refractivity contribution in [3.05, 3.63) is 35.2 Å². The zero-order valence-electron chi connectivity index (χ0n) is 9.34. The third-order valence-electron chi connectivity index (χ3n) is 2.24. The molecule has 1 N–H and O–H groups in total. The largest absolute Gasteiger partial charge is 0.362 e. The van der Waals surface area contributed by atoms with Gasteiger partial charge in [0.2, 0.25) is 0 Å². The summed E-state index contributed by atoms with van der Waals surface area (Å²) in [6, 6.07) is 3.51. The molecule has 1 aromatic carbocycles. The third kappa shape index (κ3) is 2.79. The highest BCUT2D eigenvalue weighted by atomic mass is 32.1. The molecule has 0 saturated heterocycles. The third-order valence-corrected chi connectivity index (χ3v) is 3.04. The van der Waals surface area contributed by atoms with Crippen molar-refractivity contribution in [2.24, 2.45) is 0 Å². The lowest BCUT2D eigenvalue weighted by Gasteiger charge is -2.00. The molecule has 5 heteroatoms. The fourth-order valence-electron chi connectivity index (χ4n) is 1.41. The Morgan fingerprint density at radius 1 is 1.35 bits per heavy atom. The maximum absolute atomic E-state index is 13.5. The van der Waals surface area contributed by atoms with Crippen LogP contribution in [-0.4, -0.2) is 11.5 Å². The van der Waals surface area contributed by atoms with Gasteiger partial charge in [-0.3, -0.25) is 0 Å². The van der Waals surface area contributed by atoms with Gasteiger partial charge in [-0.25, -0.2) is 13.8 Å². The second kappa shape index (κ2) is 5.23. The molecule has 0 unspecified atom stereocenters. The predicted octanol–water partition coefficient (Wildman–Crippen LogP) is 3.91. The van der Waals surface area contributed by atoms with E-state index in [9.17, 15) is 8.78 Å². The molecule has 1 heterocycles. The van der Waals surface area contributed by atoms with Crippen molar-refractivity contribution >= 4 is 16.5 Å². The van der Waals surface area contributed by atoms with Crippen molar-refractivity contribution in [2.45, 2.75) is 13.3 Å². The number of anilines is 1. The van der Waals surface area contributed by atoms with E-state index in [1.807, 2.05) is 0 Å². The van der Waals surface area contributed by atoms with E-state index in [-0.39, 0.29) is 0 Å². The molecule has 0 spiro atoms. The van der Waals surface area contributed by atoms with Gasteiger partial charge in [-0.15, -0.1) is 11.3 Å². The molecule has 0 saturated carbocycles. The van der Waals surface area contributed by atoms with E-state index in [1.165, 1.54) is 23.5 Å². The molecule has 0 bridgehead atoms. The number of aromatic nitrogens is 1. The van der Waals surface area contributed by atoms with Crippen molar-refractivity contribution in [3.63, 3.8) is 0 Å². The minimum Gasteiger partial charge on any atom is -0.362 e. The summed E-state index contributed by atoms with van der Waals surface area (Å²) in [6.45, 7) is 2.89. The smallest absolute Gasteiger partial charge is 0.183 e. The van der Waals surface area contributed by atoms with Gasteiger partial charge in [0.05, 0.1) is 5.69 Å². The molecule has 17 heavy (non-hydrogen) atoms. The Hall–Kier alpha value is -1.49. The van der Waals surface area contributed by atoms with Crippen LogP contribution in [0, 0.1) is 11.6 Å². The van der Waals surface area contributed by atoms with Gasteiger partial charge in [0.25, 0.3) is 0 Å². The minimum absolute atomic E-state index is 0.326. The predicted molar refractivity (Wildman–Crippen MR) is 66.2 cm³/mol. The molecular formula is C12H12F2N2S. The van der Waals surface area contributed by atoms with Gasteiger partial charge in [0, 0.05) is 23.6 Å². The van der Waals surface area contributed by atoms with Crippen LogP contribution in [0.5, 0.6) is 0 Å². The first kappa shape index (κ1) is 12.0. The Morgan fingerprint density at radius 2 is 2.18 bits per heavy atom. The van der Waals surface area contributed by atoms with Gasteiger partial charge in [-0.2, -0.15) is 0 Å². The zero-order chi connectivity index (χ0) is 12.3. The molecule has 2 aromatic rings. The summed E-state index contributed by atoms with van der Waals surface area (Å²) in [7, 11) is 0. The van der Waals surface area contributed by atoms with Crippen LogP contribution in [0.2, 0.25) is 0 Å². The van der Waals surface area contributed by atoms with E-state index in [1.54, 1.807) is 5.38 Å². The molecule has 90 valence electrons. The molecule has 0 aliphatic heterocycles. The number of hydrogen-bond donors (Lipinski definition) is 1. The number of thiazole rings is 1. The lowest BCUT2D eigenvalue weighted by atomic mass is 10.1. The number of nitrogens with zero attached hydrogens (tertiary/aromatic N) is 1. The topological polar surface area (TPSA) is 24.9 Å². The fraction of sp³-hybridized carbons (Fsp3) is 0.250. The maximum Gasteiger partial charge on any atom is 0.183 e. The summed E-state index contributed by atoms with van der Waals surface area (Å²) in [6.07, 6.45) is 1.000. The van der Waals surface area contributed by atoms with Crippen molar-refractivity contribution in [1.82, 2.24) is 4.98 Å². The summed E-state index contributed by atoms with van der Waals surface area (Å²) in [5.74, 6) is -1.16. The average molecular weight is 254 g/mol. The molecule has 0 aliphatic carbocycles. The Bertz CT molecular complexity index is 511. The molecule has 0 amide bonds. The second-order valence-electron chi connectivity index (χ2n) is 3.59. The molecule has 2 rings (SSSR count). The van der Waals surface area contributed by atoms with Gasteiger partial charge in [-0.1, -0.05) is 6.92 Å². The van der Waals surface area contributed by atoms with Crippen LogP contribution in [-0.2, 0) is 0 Å². The molecule has 0 radical (unpaired) electrons. The highest BCUT2D eigenvalue weighted by Gasteiger charge is 2.09. The lowest BCUT2D eigenvalue weighted by Crippen LogP contribution is -1.98. The molecule has 2 nitrogen and oxygen atoms in total. The highest BCUT2D eigenvalue weighted by Crippen LogP contribution is 2.27. The molecule has 0 aliphatic rings. The van der Waals surface area contributed by atoms with E-state index < -0.39 is 11.6 Å². The first-order valence-corrected chi connectivity index (χ1v) is 6.23. The zero-order valence-corrected chi connectivity index (χ0v) is 10.2. The lowest BCUT2D eigenvalue weighted by molar-refractivity contribution is 0.585. The minimum atomic E-state index is -0.586. The quantitative estimate of drug-likeness (QED) is 0.894. The summed E-state index contributed by atoms with van der Waals surface area (Å²) < 4.78 is 26.3. The Kier molecular flexibility index (Phi) is 3.68. The van der Waals surface area contributed by atoms with E-state index >= 15 is 0 Å². The molecular weight excluding hydrogens is 242 g/mol. The normalized spacial score (nSPS) is 10.5. The van der Waals surface area contributed by atoms with E-state index in [0.29, 0.717) is 11.3 Å². The monoisotopic (exact) mass is 254 g/mol. The van der Waals surface area contributed by atoms with Crippen molar-refractivity contribution in [3.8, 4) is 11.3 Å². The van der Waals surface area contributed by atoms with Crippen LogP contribution in [0.3, 0.4) is 0 Å². The van der Waals surface area contributed by atoms with Crippen molar-refractivity contribution in [1.29, 1.82) is 0 Å². The Balaban J connectivity index is 2.24. The first-order chi connectivity index (χ1) is 8.20. The summed E-state index contributed by atoms with van der Waals surface area (Å²) >= 11 is 1.41. The van der Waals surface area contributed by atoms with Gasteiger partial charge in [0.1, 0.15) is 11.6 Å². The highest BCUT2D eigenvalue weighted by molar-refractivity contribution is 7.14. The van der Waals surface area contributed by atoms with E-state index in [4.69, 9.17) is 0 Å². The van der Waals surface area contributed by atoms with Gasteiger partial charge >= 0.3 is 0 Å². The number of hydrogen-bond acceptors (Lipinski definition) is 3. The summed E-state index contributed by atoms with van der Waals surface area (Å²) in [5.41, 5.74) is 0.860. The molecule has 0 fully saturated rings. The van der Waals surface area contributed by atoms with Crippen LogP contribution in [0.4, 0.5) is 13.9 Å². The number of rotatable bonds is 4. The van der Waals surface area contributed by atoms with Crippen LogP contribution >= 0.6 is 11.3 Å². The standard InChI is InChI=1S/C12H12F2N2S/c1-2-5-15-12-16-11(7-17-12)9-4-3-8(13)6-10(9)14/h3-4,6-7H,2,5H2,1H3,(H,15,16). The Labute approximate surface area is 102 Å². The average Bonchev–Trinajstić information content (AvgIpc) is 2.75. The van der Waals surface area contributed by atoms with Gasteiger partial charge in [-0.05, 0) is 18.6 Å². The van der Waals surface area contributed by atoms with Crippen LogP contribution in [0.15, 0.2) is 23.6 Å². The maximum atomic E-state index is 13.5. The summed E-state index contributed by atoms with van der Waals surface area (Å²) in [5, 5.41) is 5.64.